The Kier molecular flexibility index (Phi) is 3.00. The van der Waals surface area contributed by atoms with Crippen molar-refractivity contribution in [3.05, 3.63) is 0 Å². The number of aliphatic hydroxyl groups is 1. The van der Waals surface area contributed by atoms with Gasteiger partial charge in [0.2, 0.25) is 0 Å². The van der Waals surface area contributed by atoms with E-state index in [9.17, 15) is 5.11 Å². The lowest BCUT2D eigenvalue weighted by Crippen LogP contribution is -2.55. The molecule has 1 saturated carbocycles. The highest BCUT2D eigenvalue weighted by Gasteiger charge is 2.46. The van der Waals surface area contributed by atoms with Gasteiger partial charge in [0.25, 0.3) is 0 Å². The van der Waals surface area contributed by atoms with E-state index < -0.39 is 5.60 Å². The smallest absolute Gasteiger partial charge is 0.0798 e. The SMILES string of the molecule is CC#CCNC1(C)CCCC1(C)O. The van der Waals surface area contributed by atoms with Crippen LogP contribution in [0.4, 0.5) is 0 Å². The van der Waals surface area contributed by atoms with Gasteiger partial charge in [-0.3, -0.25) is 5.32 Å². The van der Waals surface area contributed by atoms with Crippen molar-refractivity contribution < 1.29 is 5.11 Å². The summed E-state index contributed by atoms with van der Waals surface area (Å²) in [5.41, 5.74) is -0.737. The van der Waals surface area contributed by atoms with Crippen LogP contribution in [0.25, 0.3) is 0 Å². The molecule has 0 spiro atoms. The standard InChI is InChI=1S/C11H19NO/c1-4-5-9-12-10(2)7-6-8-11(10,3)13/h12-13H,6-9H2,1-3H3. The second-order valence-electron chi connectivity index (χ2n) is 4.24. The molecule has 2 nitrogen and oxygen atoms in total. The van der Waals surface area contributed by atoms with Gasteiger partial charge in [0.05, 0.1) is 12.1 Å². The molecule has 2 heteroatoms. The summed E-state index contributed by atoms with van der Waals surface area (Å²) in [6.07, 6.45) is 3.01. The van der Waals surface area contributed by atoms with Gasteiger partial charge >= 0.3 is 0 Å². The van der Waals surface area contributed by atoms with Gasteiger partial charge in [-0.05, 0) is 40.0 Å². The zero-order valence-corrected chi connectivity index (χ0v) is 8.78. The Morgan fingerprint density at radius 3 is 2.54 bits per heavy atom. The summed E-state index contributed by atoms with van der Waals surface area (Å²) in [5, 5.41) is 13.4. The van der Waals surface area contributed by atoms with Crippen molar-refractivity contribution in [2.75, 3.05) is 6.54 Å². The Balaban J connectivity index is 2.57. The summed E-state index contributed by atoms with van der Waals surface area (Å²) in [6, 6.07) is 0. The van der Waals surface area contributed by atoms with Crippen LogP contribution >= 0.6 is 0 Å². The molecule has 0 radical (unpaired) electrons. The van der Waals surface area contributed by atoms with Crippen LogP contribution < -0.4 is 5.32 Å². The monoisotopic (exact) mass is 181 g/mol. The summed E-state index contributed by atoms with van der Waals surface area (Å²) in [4.78, 5) is 0. The first-order valence-corrected chi connectivity index (χ1v) is 4.89. The summed E-state index contributed by atoms with van der Waals surface area (Å²) in [5.74, 6) is 5.81. The molecule has 0 bridgehead atoms. The van der Waals surface area contributed by atoms with E-state index in [2.05, 4.69) is 24.1 Å². The Morgan fingerprint density at radius 2 is 2.08 bits per heavy atom. The maximum atomic E-state index is 10.1. The van der Waals surface area contributed by atoms with Crippen molar-refractivity contribution in [2.45, 2.75) is 51.2 Å². The number of hydrogen-bond donors (Lipinski definition) is 2. The van der Waals surface area contributed by atoms with Gasteiger partial charge in [0.15, 0.2) is 0 Å². The summed E-state index contributed by atoms with van der Waals surface area (Å²) >= 11 is 0. The van der Waals surface area contributed by atoms with Crippen molar-refractivity contribution in [1.82, 2.24) is 5.32 Å². The molecule has 2 unspecified atom stereocenters. The number of hydrogen-bond acceptors (Lipinski definition) is 2. The first-order chi connectivity index (χ1) is 6.02. The lowest BCUT2D eigenvalue weighted by molar-refractivity contribution is -0.00451. The highest BCUT2D eigenvalue weighted by molar-refractivity contribution is 5.08. The van der Waals surface area contributed by atoms with E-state index in [4.69, 9.17) is 0 Å². The third-order valence-electron chi connectivity index (χ3n) is 3.27. The average Bonchev–Trinajstić information content (AvgIpc) is 2.28. The molecule has 0 heterocycles. The van der Waals surface area contributed by atoms with Gasteiger partial charge in [0.1, 0.15) is 0 Å². The fourth-order valence-corrected chi connectivity index (χ4v) is 1.94. The molecule has 0 aromatic carbocycles. The zero-order valence-electron chi connectivity index (χ0n) is 8.78. The highest BCUT2D eigenvalue weighted by atomic mass is 16.3. The second kappa shape index (κ2) is 3.69. The lowest BCUT2D eigenvalue weighted by atomic mass is 9.86. The van der Waals surface area contributed by atoms with Crippen molar-refractivity contribution in [2.24, 2.45) is 0 Å². The van der Waals surface area contributed by atoms with Gasteiger partial charge in [-0.15, -0.1) is 5.92 Å². The van der Waals surface area contributed by atoms with Crippen LogP contribution in [-0.2, 0) is 0 Å². The first kappa shape index (κ1) is 10.6. The molecular weight excluding hydrogens is 162 g/mol. The number of rotatable bonds is 2. The Labute approximate surface area is 80.7 Å². The third kappa shape index (κ3) is 2.04. The van der Waals surface area contributed by atoms with E-state index in [1.807, 2.05) is 13.8 Å². The van der Waals surface area contributed by atoms with Crippen LogP contribution in [0.2, 0.25) is 0 Å². The first-order valence-electron chi connectivity index (χ1n) is 4.89. The fourth-order valence-electron chi connectivity index (χ4n) is 1.94. The quantitative estimate of drug-likeness (QED) is 0.629. The van der Waals surface area contributed by atoms with Gasteiger partial charge in [-0.25, -0.2) is 0 Å². The van der Waals surface area contributed by atoms with Crippen LogP contribution in [0.5, 0.6) is 0 Å². The third-order valence-corrected chi connectivity index (χ3v) is 3.27. The molecule has 1 rings (SSSR count). The minimum absolute atomic E-state index is 0.156. The largest absolute Gasteiger partial charge is 0.388 e. The maximum absolute atomic E-state index is 10.1. The molecule has 0 aromatic rings. The predicted octanol–water partition coefficient (Wildman–Crippen LogP) is 1.29. The van der Waals surface area contributed by atoms with E-state index in [0.29, 0.717) is 6.54 Å². The lowest BCUT2D eigenvalue weighted by Gasteiger charge is -2.37. The molecule has 0 saturated heterocycles. The van der Waals surface area contributed by atoms with Crippen molar-refractivity contribution in [3.63, 3.8) is 0 Å². The summed E-state index contributed by atoms with van der Waals surface area (Å²) < 4.78 is 0. The normalized spacial score (nSPS) is 38.5. The topological polar surface area (TPSA) is 32.3 Å². The fraction of sp³-hybridized carbons (Fsp3) is 0.818. The Hall–Kier alpha value is -0.520. The van der Waals surface area contributed by atoms with Crippen LogP contribution in [0, 0.1) is 11.8 Å². The molecule has 1 aliphatic carbocycles. The predicted molar refractivity (Wildman–Crippen MR) is 54.3 cm³/mol. The van der Waals surface area contributed by atoms with Gasteiger partial charge in [-0.2, -0.15) is 0 Å². The molecule has 2 N–H and O–H groups in total. The molecule has 0 aliphatic heterocycles. The van der Waals surface area contributed by atoms with Crippen LogP contribution in [0.3, 0.4) is 0 Å². The van der Waals surface area contributed by atoms with E-state index in [-0.39, 0.29) is 5.54 Å². The maximum Gasteiger partial charge on any atom is 0.0798 e. The molecule has 1 fully saturated rings. The zero-order chi connectivity index (χ0) is 9.95. The Morgan fingerprint density at radius 1 is 1.38 bits per heavy atom. The van der Waals surface area contributed by atoms with E-state index in [1.54, 1.807) is 0 Å². The van der Waals surface area contributed by atoms with Crippen molar-refractivity contribution in [1.29, 1.82) is 0 Å². The van der Waals surface area contributed by atoms with E-state index in [1.165, 1.54) is 0 Å². The number of nitrogens with one attached hydrogen (secondary N) is 1. The molecule has 1 aliphatic rings. The van der Waals surface area contributed by atoms with Gasteiger partial charge in [-0.1, -0.05) is 5.92 Å². The van der Waals surface area contributed by atoms with E-state index in [0.717, 1.165) is 19.3 Å². The minimum Gasteiger partial charge on any atom is -0.388 e. The molecular formula is C11H19NO. The van der Waals surface area contributed by atoms with Crippen LogP contribution in [0.15, 0.2) is 0 Å². The minimum atomic E-state index is -0.581. The summed E-state index contributed by atoms with van der Waals surface area (Å²) in [6.45, 7) is 6.49. The highest BCUT2D eigenvalue weighted by Crippen LogP contribution is 2.38. The molecule has 74 valence electrons. The molecule has 0 amide bonds. The van der Waals surface area contributed by atoms with E-state index >= 15 is 0 Å². The second-order valence-corrected chi connectivity index (χ2v) is 4.24. The summed E-state index contributed by atoms with van der Waals surface area (Å²) in [7, 11) is 0. The van der Waals surface area contributed by atoms with Crippen molar-refractivity contribution in [3.8, 4) is 11.8 Å². The average molecular weight is 181 g/mol. The van der Waals surface area contributed by atoms with Crippen molar-refractivity contribution >= 4 is 0 Å². The van der Waals surface area contributed by atoms with Gasteiger partial charge < -0.3 is 5.11 Å². The Bertz CT molecular complexity index is 236. The molecule has 2 atom stereocenters. The molecule has 0 aromatic heterocycles. The van der Waals surface area contributed by atoms with Crippen LogP contribution in [-0.4, -0.2) is 22.8 Å². The van der Waals surface area contributed by atoms with Gasteiger partial charge in [0, 0.05) is 5.54 Å². The van der Waals surface area contributed by atoms with Crippen LogP contribution in [0.1, 0.15) is 40.0 Å². The molecule has 13 heavy (non-hydrogen) atoms.